The van der Waals surface area contributed by atoms with Crippen LogP contribution in [0, 0.1) is 0 Å². The van der Waals surface area contributed by atoms with E-state index in [1.807, 2.05) is 42.5 Å². The summed E-state index contributed by atoms with van der Waals surface area (Å²) in [5.74, 6) is 1.28. The molecule has 23 heavy (non-hydrogen) atoms. The van der Waals surface area contributed by atoms with E-state index in [-0.39, 0.29) is 12.4 Å². The summed E-state index contributed by atoms with van der Waals surface area (Å²) in [6.45, 7) is 0. The average Bonchev–Trinajstić information content (AvgIpc) is 2.97. The molecule has 0 radical (unpaired) electrons. The number of hydrogen-bond donors (Lipinski definition) is 0. The SMILES string of the molecule is COC(=O)Cc1ccc(-c2cc3cc(OC)c(Br)cc3o2)cc1. The van der Waals surface area contributed by atoms with Crippen LogP contribution < -0.4 is 4.74 Å². The average molecular weight is 375 g/mol. The molecule has 5 heteroatoms. The molecule has 0 saturated carbocycles. The van der Waals surface area contributed by atoms with Gasteiger partial charge in [-0.15, -0.1) is 0 Å². The van der Waals surface area contributed by atoms with E-state index >= 15 is 0 Å². The summed E-state index contributed by atoms with van der Waals surface area (Å²) in [7, 11) is 3.02. The lowest BCUT2D eigenvalue weighted by Gasteiger charge is -2.01. The largest absolute Gasteiger partial charge is 0.496 e. The van der Waals surface area contributed by atoms with E-state index in [4.69, 9.17) is 9.15 Å². The Bertz CT molecular complexity index is 849. The lowest BCUT2D eigenvalue weighted by Crippen LogP contribution is -2.03. The molecule has 118 valence electrons. The van der Waals surface area contributed by atoms with Gasteiger partial charge in [0.05, 0.1) is 25.1 Å². The van der Waals surface area contributed by atoms with Gasteiger partial charge in [-0.3, -0.25) is 4.79 Å². The van der Waals surface area contributed by atoms with Gasteiger partial charge in [-0.1, -0.05) is 24.3 Å². The van der Waals surface area contributed by atoms with Gasteiger partial charge in [0.1, 0.15) is 17.1 Å². The van der Waals surface area contributed by atoms with E-state index in [2.05, 4.69) is 20.7 Å². The number of esters is 1. The van der Waals surface area contributed by atoms with E-state index < -0.39 is 0 Å². The lowest BCUT2D eigenvalue weighted by atomic mass is 10.1. The van der Waals surface area contributed by atoms with Gasteiger partial charge >= 0.3 is 5.97 Å². The summed E-state index contributed by atoms with van der Waals surface area (Å²) in [4.78, 5) is 11.3. The molecule has 0 unspecified atom stereocenters. The minimum Gasteiger partial charge on any atom is -0.496 e. The summed E-state index contributed by atoms with van der Waals surface area (Å²) in [6.07, 6.45) is 0.265. The molecule has 0 amide bonds. The molecule has 0 spiro atoms. The van der Waals surface area contributed by atoms with Crippen LogP contribution >= 0.6 is 15.9 Å². The van der Waals surface area contributed by atoms with Crippen molar-refractivity contribution in [1.82, 2.24) is 0 Å². The molecule has 0 atom stereocenters. The van der Waals surface area contributed by atoms with E-state index in [1.165, 1.54) is 7.11 Å². The van der Waals surface area contributed by atoms with E-state index in [0.29, 0.717) is 0 Å². The van der Waals surface area contributed by atoms with Crippen LogP contribution in [0.1, 0.15) is 5.56 Å². The summed E-state index contributed by atoms with van der Waals surface area (Å²) < 4.78 is 16.7. The van der Waals surface area contributed by atoms with Crippen molar-refractivity contribution in [3.8, 4) is 17.1 Å². The number of fused-ring (bicyclic) bond motifs is 1. The van der Waals surface area contributed by atoms with Gasteiger partial charge in [-0.2, -0.15) is 0 Å². The summed E-state index contributed by atoms with van der Waals surface area (Å²) in [6, 6.07) is 13.5. The number of carbonyl (C=O) groups is 1. The number of benzene rings is 2. The fraction of sp³-hybridized carbons (Fsp3) is 0.167. The van der Waals surface area contributed by atoms with Crippen molar-refractivity contribution in [2.24, 2.45) is 0 Å². The Morgan fingerprint density at radius 1 is 1.13 bits per heavy atom. The van der Waals surface area contributed by atoms with Crippen molar-refractivity contribution in [3.05, 3.63) is 52.5 Å². The Hall–Kier alpha value is -2.27. The quantitative estimate of drug-likeness (QED) is 0.626. The zero-order valence-corrected chi connectivity index (χ0v) is 14.3. The maximum Gasteiger partial charge on any atom is 0.309 e. The topological polar surface area (TPSA) is 48.7 Å². The number of rotatable bonds is 4. The van der Waals surface area contributed by atoms with Crippen LogP contribution in [0.4, 0.5) is 0 Å². The molecule has 0 N–H and O–H groups in total. The van der Waals surface area contributed by atoms with Gasteiger partial charge in [-0.25, -0.2) is 0 Å². The number of methoxy groups -OCH3 is 2. The first-order valence-electron chi connectivity index (χ1n) is 7.04. The second-order valence-corrected chi connectivity index (χ2v) is 5.94. The molecular weight excluding hydrogens is 360 g/mol. The second kappa shape index (κ2) is 6.46. The molecular formula is C18H15BrO4. The number of ether oxygens (including phenoxy) is 2. The highest BCUT2D eigenvalue weighted by molar-refractivity contribution is 9.10. The first-order valence-corrected chi connectivity index (χ1v) is 7.83. The summed E-state index contributed by atoms with van der Waals surface area (Å²) in [5, 5.41) is 0.971. The zero-order valence-electron chi connectivity index (χ0n) is 12.8. The van der Waals surface area contributed by atoms with Crippen molar-refractivity contribution in [3.63, 3.8) is 0 Å². The monoisotopic (exact) mass is 374 g/mol. The van der Waals surface area contributed by atoms with Crippen LogP contribution in [-0.4, -0.2) is 20.2 Å². The smallest absolute Gasteiger partial charge is 0.309 e. The van der Waals surface area contributed by atoms with Gasteiger partial charge < -0.3 is 13.9 Å². The first-order chi connectivity index (χ1) is 11.1. The van der Waals surface area contributed by atoms with Crippen LogP contribution in [-0.2, 0) is 16.0 Å². The highest BCUT2D eigenvalue weighted by Crippen LogP contribution is 2.34. The van der Waals surface area contributed by atoms with Gasteiger partial charge in [-0.05, 0) is 39.7 Å². The molecule has 0 saturated heterocycles. The van der Waals surface area contributed by atoms with E-state index in [9.17, 15) is 4.79 Å². The standard InChI is InChI=1S/C18H15BrO4/c1-21-17-9-13-8-15(23-16(13)10-14(17)19)12-5-3-11(4-6-12)7-18(20)22-2/h3-6,8-10H,7H2,1-2H3. The predicted molar refractivity (Wildman–Crippen MR) is 91.6 cm³/mol. The van der Waals surface area contributed by atoms with Gasteiger partial charge in [0, 0.05) is 10.9 Å². The molecule has 4 nitrogen and oxygen atoms in total. The third kappa shape index (κ3) is 3.24. The summed E-state index contributed by atoms with van der Waals surface area (Å²) >= 11 is 3.45. The van der Waals surface area contributed by atoms with Crippen LogP contribution in [0.3, 0.4) is 0 Å². The zero-order chi connectivity index (χ0) is 16.4. The van der Waals surface area contributed by atoms with Crippen molar-refractivity contribution in [2.45, 2.75) is 6.42 Å². The number of halogens is 1. The number of carbonyl (C=O) groups excluding carboxylic acids is 1. The minimum absolute atomic E-state index is 0.251. The van der Waals surface area contributed by atoms with Crippen molar-refractivity contribution < 1.29 is 18.7 Å². The molecule has 0 fully saturated rings. The number of furan rings is 1. The molecule has 0 aliphatic heterocycles. The van der Waals surface area contributed by atoms with Crippen molar-refractivity contribution in [1.29, 1.82) is 0 Å². The molecule has 3 rings (SSSR count). The van der Waals surface area contributed by atoms with Crippen LogP contribution in [0.25, 0.3) is 22.3 Å². The Morgan fingerprint density at radius 2 is 1.87 bits per heavy atom. The second-order valence-electron chi connectivity index (χ2n) is 5.09. The van der Waals surface area contributed by atoms with Crippen LogP contribution in [0.15, 0.2) is 51.4 Å². The maximum absolute atomic E-state index is 11.3. The van der Waals surface area contributed by atoms with E-state index in [0.717, 1.165) is 38.1 Å². The lowest BCUT2D eigenvalue weighted by molar-refractivity contribution is -0.139. The van der Waals surface area contributed by atoms with Gasteiger partial charge in [0.15, 0.2) is 0 Å². The maximum atomic E-state index is 11.3. The fourth-order valence-electron chi connectivity index (χ4n) is 2.37. The molecule has 1 aromatic heterocycles. The third-order valence-corrected chi connectivity index (χ3v) is 4.23. The third-order valence-electron chi connectivity index (χ3n) is 3.61. The predicted octanol–water partition coefficient (Wildman–Crippen LogP) is 4.59. The highest BCUT2D eigenvalue weighted by Gasteiger charge is 2.10. The van der Waals surface area contributed by atoms with Gasteiger partial charge in [0.2, 0.25) is 0 Å². The van der Waals surface area contributed by atoms with Crippen molar-refractivity contribution >= 4 is 32.9 Å². The number of hydrogen-bond acceptors (Lipinski definition) is 4. The molecule has 0 bridgehead atoms. The Morgan fingerprint density at radius 3 is 2.52 bits per heavy atom. The fourth-order valence-corrected chi connectivity index (χ4v) is 2.85. The Kier molecular flexibility index (Phi) is 4.39. The first kappa shape index (κ1) is 15.6. The minimum atomic E-state index is -0.251. The summed E-state index contributed by atoms with van der Waals surface area (Å²) in [5.41, 5.74) is 2.64. The molecule has 3 aromatic rings. The van der Waals surface area contributed by atoms with Crippen molar-refractivity contribution in [2.75, 3.05) is 14.2 Å². The molecule has 0 aliphatic rings. The highest BCUT2D eigenvalue weighted by atomic mass is 79.9. The van der Waals surface area contributed by atoms with Crippen LogP contribution in [0.5, 0.6) is 5.75 Å². The Labute approximate surface area is 142 Å². The molecule has 0 aliphatic carbocycles. The molecule has 2 aromatic carbocycles. The molecule has 1 heterocycles. The van der Waals surface area contributed by atoms with Crippen LogP contribution in [0.2, 0.25) is 0 Å². The Balaban J connectivity index is 1.92. The normalized spacial score (nSPS) is 10.7. The van der Waals surface area contributed by atoms with Gasteiger partial charge in [0.25, 0.3) is 0 Å². The van der Waals surface area contributed by atoms with E-state index in [1.54, 1.807) is 7.11 Å².